The predicted octanol–water partition coefficient (Wildman–Crippen LogP) is 6.81. The highest BCUT2D eigenvalue weighted by molar-refractivity contribution is 5.52. The minimum atomic E-state index is -0.522. The van der Waals surface area contributed by atoms with Crippen LogP contribution in [0.1, 0.15) is 59.6 Å². The van der Waals surface area contributed by atoms with Gasteiger partial charge in [0.15, 0.2) is 0 Å². The van der Waals surface area contributed by atoms with Gasteiger partial charge in [0.1, 0.15) is 17.4 Å². The summed E-state index contributed by atoms with van der Waals surface area (Å²) >= 11 is 0. The molecular weight excluding hydrogens is 402 g/mol. The first-order chi connectivity index (χ1) is 15.5. The number of benzene rings is 3. The first-order valence-corrected chi connectivity index (χ1v) is 10.8. The van der Waals surface area contributed by atoms with E-state index >= 15 is 0 Å². The van der Waals surface area contributed by atoms with Crippen molar-refractivity contribution in [1.29, 1.82) is 0 Å². The van der Waals surface area contributed by atoms with Crippen molar-refractivity contribution in [1.82, 2.24) is 0 Å². The van der Waals surface area contributed by atoms with E-state index in [0.717, 1.165) is 47.3 Å². The molecule has 0 amide bonds. The molecule has 3 aromatic carbocycles. The molecule has 0 aliphatic rings. The van der Waals surface area contributed by atoms with Crippen molar-refractivity contribution < 1.29 is 13.5 Å². The number of rotatable bonds is 5. The van der Waals surface area contributed by atoms with Gasteiger partial charge in [-0.2, -0.15) is 0 Å². The van der Waals surface area contributed by atoms with Crippen molar-refractivity contribution in [2.45, 2.75) is 39.5 Å². The topological polar surface area (TPSA) is 9.23 Å². The summed E-state index contributed by atoms with van der Waals surface area (Å²) in [4.78, 5) is 0. The molecule has 0 heterocycles. The van der Waals surface area contributed by atoms with Crippen LogP contribution in [0, 0.1) is 42.2 Å². The van der Waals surface area contributed by atoms with Crippen LogP contribution in [0.2, 0.25) is 0 Å². The summed E-state index contributed by atoms with van der Waals surface area (Å²) < 4.78 is 33.8. The molecule has 0 aliphatic heterocycles. The molecule has 0 saturated heterocycles. The third-order valence-corrected chi connectivity index (χ3v) is 5.18. The molecule has 1 nitrogen and oxygen atoms in total. The van der Waals surface area contributed by atoms with E-state index in [4.69, 9.17) is 4.74 Å². The standard InChI is InChI=1S/C29H26F2O/c1-4-5-6-7-27-28(30)19-24(20-29(27)31)9-8-23-11-15-25(21(2)18-23)14-10-22-12-16-26(32-3)17-13-22/h11-13,15-20H,4-7H2,1-3H3. The van der Waals surface area contributed by atoms with Crippen LogP contribution in [-0.2, 0) is 6.42 Å². The van der Waals surface area contributed by atoms with Crippen LogP contribution in [0.25, 0.3) is 0 Å². The van der Waals surface area contributed by atoms with E-state index in [9.17, 15) is 8.78 Å². The molecule has 0 N–H and O–H groups in total. The van der Waals surface area contributed by atoms with Crippen LogP contribution in [0.15, 0.2) is 54.6 Å². The second-order valence-corrected chi connectivity index (χ2v) is 7.63. The second kappa shape index (κ2) is 11.2. The normalized spacial score (nSPS) is 10.0. The van der Waals surface area contributed by atoms with Crippen LogP contribution < -0.4 is 4.74 Å². The molecule has 32 heavy (non-hydrogen) atoms. The Labute approximate surface area is 189 Å². The molecule has 0 aliphatic carbocycles. The summed E-state index contributed by atoms with van der Waals surface area (Å²) in [6.45, 7) is 4.03. The Morgan fingerprint density at radius 3 is 2.00 bits per heavy atom. The largest absolute Gasteiger partial charge is 0.497 e. The quantitative estimate of drug-likeness (QED) is 0.320. The van der Waals surface area contributed by atoms with Gasteiger partial charge in [0.05, 0.1) is 7.11 Å². The fraction of sp³-hybridized carbons (Fsp3) is 0.241. The second-order valence-electron chi connectivity index (χ2n) is 7.63. The first kappa shape index (κ1) is 23.1. The monoisotopic (exact) mass is 428 g/mol. The molecule has 162 valence electrons. The summed E-state index contributed by atoms with van der Waals surface area (Å²) in [5.41, 5.74) is 4.04. The van der Waals surface area contributed by atoms with Crippen LogP contribution in [0.4, 0.5) is 8.78 Å². The summed E-state index contributed by atoms with van der Waals surface area (Å²) in [5.74, 6) is 11.9. The van der Waals surface area contributed by atoms with Crippen LogP contribution in [0.5, 0.6) is 5.75 Å². The van der Waals surface area contributed by atoms with E-state index in [1.165, 1.54) is 12.1 Å². The summed E-state index contributed by atoms with van der Waals surface area (Å²) in [7, 11) is 1.63. The maximum absolute atomic E-state index is 14.3. The van der Waals surface area contributed by atoms with Crippen molar-refractivity contribution >= 4 is 0 Å². The van der Waals surface area contributed by atoms with Gasteiger partial charge in [0, 0.05) is 27.8 Å². The van der Waals surface area contributed by atoms with Gasteiger partial charge in [0.2, 0.25) is 0 Å². The number of aryl methyl sites for hydroxylation is 1. The number of halogens is 2. The zero-order valence-corrected chi connectivity index (χ0v) is 18.7. The van der Waals surface area contributed by atoms with Gasteiger partial charge in [-0.25, -0.2) is 8.78 Å². The van der Waals surface area contributed by atoms with Gasteiger partial charge < -0.3 is 4.74 Å². The van der Waals surface area contributed by atoms with Gasteiger partial charge >= 0.3 is 0 Å². The molecule has 3 heteroatoms. The lowest BCUT2D eigenvalue weighted by molar-refractivity contribution is 0.415. The summed E-state index contributed by atoms with van der Waals surface area (Å²) in [6.07, 6.45) is 3.16. The van der Waals surface area contributed by atoms with Crippen LogP contribution in [-0.4, -0.2) is 7.11 Å². The van der Waals surface area contributed by atoms with E-state index in [2.05, 4.69) is 30.6 Å². The average molecular weight is 429 g/mol. The molecule has 0 radical (unpaired) electrons. The van der Waals surface area contributed by atoms with Crippen molar-refractivity contribution in [2.75, 3.05) is 7.11 Å². The van der Waals surface area contributed by atoms with Crippen molar-refractivity contribution in [2.24, 2.45) is 0 Å². The molecule has 0 spiro atoms. The van der Waals surface area contributed by atoms with Crippen molar-refractivity contribution in [3.8, 4) is 29.4 Å². The van der Waals surface area contributed by atoms with Crippen molar-refractivity contribution in [3.05, 3.63) is 99.6 Å². The Kier molecular flexibility index (Phi) is 8.07. The molecule has 0 fully saturated rings. The third-order valence-electron chi connectivity index (χ3n) is 5.18. The van der Waals surface area contributed by atoms with Gasteiger partial charge in [-0.1, -0.05) is 43.4 Å². The minimum absolute atomic E-state index is 0.152. The van der Waals surface area contributed by atoms with Crippen LogP contribution >= 0.6 is 0 Å². The lowest BCUT2D eigenvalue weighted by Gasteiger charge is -2.05. The Balaban J connectivity index is 1.75. The number of unbranched alkanes of at least 4 members (excludes halogenated alkanes) is 2. The highest BCUT2D eigenvalue weighted by Gasteiger charge is 2.10. The minimum Gasteiger partial charge on any atom is -0.497 e. The highest BCUT2D eigenvalue weighted by atomic mass is 19.1. The van der Waals surface area contributed by atoms with E-state index < -0.39 is 11.6 Å². The molecule has 0 unspecified atom stereocenters. The zero-order chi connectivity index (χ0) is 22.9. The fourth-order valence-corrected chi connectivity index (χ4v) is 3.31. The Morgan fingerprint density at radius 1 is 0.750 bits per heavy atom. The summed E-state index contributed by atoms with van der Waals surface area (Å²) in [6, 6.07) is 15.9. The van der Waals surface area contributed by atoms with Crippen LogP contribution in [0.3, 0.4) is 0 Å². The molecule has 0 atom stereocenters. The number of ether oxygens (including phenoxy) is 1. The molecule has 0 bridgehead atoms. The summed E-state index contributed by atoms with van der Waals surface area (Å²) in [5, 5.41) is 0. The molecule has 3 rings (SSSR count). The zero-order valence-electron chi connectivity index (χ0n) is 18.7. The van der Waals surface area contributed by atoms with E-state index in [1.54, 1.807) is 7.11 Å². The molecule has 0 saturated carbocycles. The maximum Gasteiger partial charge on any atom is 0.130 e. The van der Waals surface area contributed by atoms with Gasteiger partial charge in [-0.15, -0.1) is 0 Å². The number of methoxy groups -OCH3 is 1. The molecule has 3 aromatic rings. The number of hydrogen-bond donors (Lipinski definition) is 0. The molecule has 0 aromatic heterocycles. The first-order valence-electron chi connectivity index (χ1n) is 10.8. The lowest BCUT2D eigenvalue weighted by Crippen LogP contribution is -1.97. The Morgan fingerprint density at radius 2 is 1.38 bits per heavy atom. The van der Waals surface area contributed by atoms with Gasteiger partial charge in [-0.3, -0.25) is 0 Å². The Bertz CT molecular complexity index is 1180. The number of hydrogen-bond acceptors (Lipinski definition) is 1. The van der Waals surface area contributed by atoms with Gasteiger partial charge in [0.25, 0.3) is 0 Å². The van der Waals surface area contributed by atoms with Gasteiger partial charge in [-0.05, 0) is 79.9 Å². The molecular formula is C29H26F2O. The average Bonchev–Trinajstić information content (AvgIpc) is 2.79. The Hall–Kier alpha value is -3.56. The van der Waals surface area contributed by atoms with E-state index in [1.807, 2.05) is 49.4 Å². The van der Waals surface area contributed by atoms with Crippen molar-refractivity contribution in [3.63, 3.8) is 0 Å². The maximum atomic E-state index is 14.3. The SMILES string of the molecule is CCCCCc1c(F)cc(C#Cc2ccc(C#Cc3ccc(OC)cc3)c(C)c2)cc1F. The lowest BCUT2D eigenvalue weighted by atomic mass is 10.0. The smallest absolute Gasteiger partial charge is 0.130 e. The predicted molar refractivity (Wildman–Crippen MR) is 126 cm³/mol. The van der Waals surface area contributed by atoms with E-state index in [-0.39, 0.29) is 5.56 Å². The fourth-order valence-electron chi connectivity index (χ4n) is 3.31. The highest BCUT2D eigenvalue weighted by Crippen LogP contribution is 2.18. The van der Waals surface area contributed by atoms with E-state index in [0.29, 0.717) is 12.0 Å². The third kappa shape index (κ3) is 6.22.